The molecule has 60 valence electrons. The number of carboxylic acid groups (broad SMARTS) is 2. The van der Waals surface area contributed by atoms with Crippen LogP contribution in [0.15, 0.2) is 0 Å². The summed E-state index contributed by atoms with van der Waals surface area (Å²) in [7, 11) is 0. The first kappa shape index (κ1) is 9.08. The van der Waals surface area contributed by atoms with Crippen LogP contribution in [0.2, 0.25) is 0 Å². The molecule has 0 saturated carbocycles. The Morgan fingerprint density at radius 3 is 1.27 bits per heavy atom. The molecule has 0 aliphatic rings. The molecule has 0 aliphatic carbocycles. The van der Waals surface area contributed by atoms with Crippen molar-refractivity contribution in [3.8, 4) is 0 Å². The van der Waals surface area contributed by atoms with E-state index in [0.717, 1.165) is 5.32 Å². The van der Waals surface area contributed by atoms with Crippen molar-refractivity contribution in [2.24, 2.45) is 0 Å². The Hall–Kier alpha value is -1.92. The molecular weight excluding hydrogens is 158 g/mol. The molecule has 0 saturated heterocycles. The summed E-state index contributed by atoms with van der Waals surface area (Å²) in [4.78, 5) is 39.1. The Labute approximate surface area is 59.6 Å². The maximum Gasteiger partial charge on any atom is 0.273 e. The maximum atomic E-state index is 9.97. The van der Waals surface area contributed by atoms with Gasteiger partial charge in [-0.15, -0.1) is 0 Å². The van der Waals surface area contributed by atoms with Crippen LogP contribution in [0.4, 0.5) is 0 Å². The summed E-state index contributed by atoms with van der Waals surface area (Å²) in [6, 6.07) is 0. The van der Waals surface area contributed by atoms with E-state index >= 15 is 0 Å². The van der Waals surface area contributed by atoms with Crippen molar-refractivity contribution in [1.29, 1.82) is 0 Å². The number of carboxylic acids is 2. The summed E-state index contributed by atoms with van der Waals surface area (Å²) < 4.78 is 0. The molecule has 0 heterocycles. The molecule has 2 amide bonds. The largest absolute Gasteiger partial charge is 0.540 e. The van der Waals surface area contributed by atoms with Crippen LogP contribution in [0.5, 0.6) is 0 Å². The molecule has 0 unspecified atom stereocenters. The lowest BCUT2D eigenvalue weighted by Gasteiger charge is -2.03. The van der Waals surface area contributed by atoms with Crippen LogP contribution in [0, 0.1) is 0 Å². The van der Waals surface area contributed by atoms with Gasteiger partial charge < -0.3 is 19.8 Å². The Bertz CT molecular complexity index is 207. The molecule has 0 radical (unpaired) electrons. The van der Waals surface area contributed by atoms with E-state index in [1.165, 1.54) is 0 Å². The lowest BCUT2D eigenvalue weighted by atomic mass is 10.5. The van der Waals surface area contributed by atoms with Gasteiger partial charge in [0.15, 0.2) is 0 Å². The van der Waals surface area contributed by atoms with Gasteiger partial charge in [0.1, 0.15) is 11.9 Å². The summed E-state index contributed by atoms with van der Waals surface area (Å²) in [5.41, 5.74) is 0. The summed E-state index contributed by atoms with van der Waals surface area (Å²) in [5.74, 6) is -8.03. The van der Waals surface area contributed by atoms with Crippen molar-refractivity contribution in [1.82, 2.24) is 5.32 Å². The van der Waals surface area contributed by atoms with Gasteiger partial charge in [-0.25, -0.2) is 0 Å². The number of hydrogen-bond acceptors (Lipinski definition) is 6. The number of carbonyl (C=O) groups excluding carboxylic acids is 4. The fourth-order valence-corrected chi connectivity index (χ4v) is 0.205. The van der Waals surface area contributed by atoms with E-state index in [1.807, 2.05) is 0 Å². The molecule has 0 fully saturated rings. The molecule has 0 bridgehead atoms. The van der Waals surface area contributed by atoms with Crippen molar-refractivity contribution >= 4 is 23.8 Å². The van der Waals surface area contributed by atoms with E-state index in [4.69, 9.17) is 0 Å². The van der Waals surface area contributed by atoms with E-state index in [1.54, 1.807) is 0 Å². The van der Waals surface area contributed by atoms with Crippen molar-refractivity contribution in [2.45, 2.75) is 0 Å². The van der Waals surface area contributed by atoms with E-state index < -0.39 is 23.8 Å². The van der Waals surface area contributed by atoms with E-state index in [0.29, 0.717) is 0 Å². The van der Waals surface area contributed by atoms with Gasteiger partial charge in [-0.2, -0.15) is 0 Å². The zero-order chi connectivity index (χ0) is 9.02. The van der Waals surface area contributed by atoms with Crippen LogP contribution in [0.3, 0.4) is 0 Å². The average molecular weight is 159 g/mol. The molecule has 0 rings (SSSR count). The van der Waals surface area contributed by atoms with Crippen molar-refractivity contribution in [2.75, 3.05) is 0 Å². The molecule has 11 heavy (non-hydrogen) atoms. The van der Waals surface area contributed by atoms with Gasteiger partial charge in [0.25, 0.3) is 11.8 Å². The summed E-state index contributed by atoms with van der Waals surface area (Å²) in [6.07, 6.45) is 0. The summed E-state index contributed by atoms with van der Waals surface area (Å²) >= 11 is 0. The van der Waals surface area contributed by atoms with Gasteiger partial charge in [-0.1, -0.05) is 0 Å². The summed E-state index contributed by atoms with van der Waals surface area (Å²) in [6.45, 7) is 0. The van der Waals surface area contributed by atoms with Gasteiger partial charge >= 0.3 is 0 Å². The minimum atomic E-state index is -2.19. The molecule has 1 N–H and O–H groups in total. The minimum Gasteiger partial charge on any atom is -0.540 e. The Balaban J connectivity index is 4.07. The number of hydrogen-bond donors (Lipinski definition) is 1. The molecule has 7 nitrogen and oxygen atoms in total. The molecule has 0 aromatic heterocycles. The van der Waals surface area contributed by atoms with Crippen molar-refractivity contribution in [3.63, 3.8) is 0 Å². The second kappa shape index (κ2) is 3.30. The van der Waals surface area contributed by atoms with Gasteiger partial charge in [0, 0.05) is 0 Å². The van der Waals surface area contributed by atoms with Crippen molar-refractivity contribution < 1.29 is 29.4 Å². The molecule has 0 aliphatic heterocycles. The third-order valence-electron chi connectivity index (χ3n) is 0.598. The highest BCUT2D eigenvalue weighted by molar-refractivity contribution is 6.41. The predicted octanol–water partition coefficient (Wildman–Crippen LogP) is -4.87. The highest BCUT2D eigenvalue weighted by atomic mass is 16.4. The van der Waals surface area contributed by atoms with Crippen LogP contribution in [0.1, 0.15) is 0 Å². The molecule has 0 aromatic rings. The fraction of sp³-hybridized carbons (Fsp3) is 0. The van der Waals surface area contributed by atoms with E-state index in [9.17, 15) is 29.4 Å². The smallest absolute Gasteiger partial charge is 0.273 e. The molecule has 7 heteroatoms. The zero-order valence-corrected chi connectivity index (χ0v) is 4.95. The van der Waals surface area contributed by atoms with Gasteiger partial charge in [0.2, 0.25) is 0 Å². The number of carbonyl (C=O) groups is 4. The second-order valence-electron chi connectivity index (χ2n) is 1.36. The van der Waals surface area contributed by atoms with Gasteiger partial charge in [-0.05, 0) is 0 Å². The molecular formula is C4HNO6-2. The zero-order valence-electron chi connectivity index (χ0n) is 4.95. The van der Waals surface area contributed by atoms with Crippen LogP contribution < -0.4 is 15.5 Å². The minimum absolute atomic E-state index is 0.977. The number of rotatable bonds is 0. The van der Waals surface area contributed by atoms with Gasteiger partial charge in [0.05, 0.1) is 0 Å². The number of imide groups is 1. The van der Waals surface area contributed by atoms with Crippen molar-refractivity contribution in [3.05, 3.63) is 0 Å². The predicted molar refractivity (Wildman–Crippen MR) is 23.2 cm³/mol. The molecule has 0 aromatic carbocycles. The lowest BCUT2D eigenvalue weighted by molar-refractivity contribution is -0.301. The maximum absolute atomic E-state index is 9.97. The third kappa shape index (κ3) is 2.94. The summed E-state index contributed by atoms with van der Waals surface area (Å²) in [5, 5.41) is 20.1. The average Bonchev–Trinajstić information content (AvgIpc) is 1.87. The van der Waals surface area contributed by atoms with Crippen LogP contribution >= 0.6 is 0 Å². The van der Waals surface area contributed by atoms with Crippen LogP contribution in [0.25, 0.3) is 0 Å². The number of amides is 2. The highest BCUT2D eigenvalue weighted by Crippen LogP contribution is 1.64. The van der Waals surface area contributed by atoms with Crippen LogP contribution in [-0.2, 0) is 19.2 Å². The lowest BCUT2D eigenvalue weighted by Crippen LogP contribution is -2.49. The second-order valence-corrected chi connectivity index (χ2v) is 1.36. The first-order valence-corrected chi connectivity index (χ1v) is 2.22. The number of aliphatic carboxylic acids is 2. The monoisotopic (exact) mass is 159 g/mol. The fourth-order valence-electron chi connectivity index (χ4n) is 0.205. The normalized spacial score (nSPS) is 8.36. The van der Waals surface area contributed by atoms with E-state index in [-0.39, 0.29) is 0 Å². The topological polar surface area (TPSA) is 126 Å². The van der Waals surface area contributed by atoms with Gasteiger partial charge in [-0.3, -0.25) is 14.9 Å². The molecule has 0 spiro atoms. The first-order chi connectivity index (χ1) is 4.95. The Kier molecular flexibility index (Phi) is 2.72. The molecule has 0 atom stereocenters. The number of nitrogens with one attached hydrogen (secondary N) is 1. The Morgan fingerprint density at radius 1 is 0.818 bits per heavy atom. The standard InChI is InChI=1S/C4H3NO6/c6-1(3(8)9)5-2(7)4(10)11/h(H,8,9)(H,10,11)(H,5,6,7)/p-2. The SMILES string of the molecule is O=C([O-])C(=O)NC(=O)C(=O)[O-]. The van der Waals surface area contributed by atoms with E-state index in [2.05, 4.69) is 0 Å². The third-order valence-corrected chi connectivity index (χ3v) is 0.598. The highest BCUT2D eigenvalue weighted by Gasteiger charge is 2.07. The Morgan fingerprint density at radius 2 is 1.09 bits per heavy atom. The quantitative estimate of drug-likeness (QED) is 0.353. The first-order valence-electron chi connectivity index (χ1n) is 2.22. The van der Waals surface area contributed by atoms with Crippen LogP contribution in [-0.4, -0.2) is 23.8 Å².